The van der Waals surface area contributed by atoms with Gasteiger partial charge in [0.2, 0.25) is 0 Å². The van der Waals surface area contributed by atoms with Crippen molar-refractivity contribution >= 4 is 22.4 Å². The predicted molar refractivity (Wildman–Crippen MR) is 116 cm³/mol. The minimum atomic E-state index is -0.250. The van der Waals surface area contributed by atoms with E-state index in [4.69, 9.17) is 9.90 Å². The maximum absolute atomic E-state index is 8.36. The van der Waals surface area contributed by atoms with E-state index in [0.717, 1.165) is 5.92 Å². The molecule has 1 N–H and O–H groups in total. The average molecular weight is 422 g/mol. The van der Waals surface area contributed by atoms with Crippen molar-refractivity contribution in [2.45, 2.75) is 123 Å². The highest BCUT2D eigenvalue weighted by molar-refractivity contribution is 9.09. The molecule has 0 aromatic heterocycles. The van der Waals surface area contributed by atoms with E-state index in [1.807, 2.05) is 0 Å². The number of alkyl halides is 1. The van der Waals surface area contributed by atoms with E-state index in [0.29, 0.717) is 0 Å². The molecule has 3 heteroatoms. The van der Waals surface area contributed by atoms with Gasteiger partial charge in [0, 0.05) is 5.33 Å². The molecule has 25 heavy (non-hydrogen) atoms. The monoisotopic (exact) mass is 420 g/mol. The number of rotatable bonds is 18. The fourth-order valence-corrected chi connectivity index (χ4v) is 3.78. The van der Waals surface area contributed by atoms with E-state index < -0.39 is 0 Å². The van der Waals surface area contributed by atoms with Gasteiger partial charge < -0.3 is 5.11 Å². The first kappa shape index (κ1) is 27.2. The lowest BCUT2D eigenvalue weighted by Gasteiger charge is -2.17. The Labute approximate surface area is 166 Å². The van der Waals surface area contributed by atoms with E-state index in [9.17, 15) is 0 Å². The zero-order valence-electron chi connectivity index (χ0n) is 17.1. The molecular formula is C22H45BrO2. The van der Waals surface area contributed by atoms with Gasteiger partial charge in [-0.05, 0) is 12.3 Å². The van der Waals surface area contributed by atoms with E-state index in [1.165, 1.54) is 114 Å². The molecular weight excluding hydrogens is 376 g/mol. The van der Waals surface area contributed by atoms with Crippen LogP contribution in [0.5, 0.6) is 0 Å². The van der Waals surface area contributed by atoms with Gasteiger partial charge in [-0.2, -0.15) is 0 Å². The highest BCUT2D eigenvalue weighted by Gasteiger charge is 2.08. The second-order valence-corrected chi connectivity index (χ2v) is 8.06. The molecule has 2 nitrogen and oxygen atoms in total. The number of halogens is 1. The van der Waals surface area contributed by atoms with Crippen LogP contribution < -0.4 is 0 Å². The summed E-state index contributed by atoms with van der Waals surface area (Å²) in [5, 5.41) is 8.07. The van der Waals surface area contributed by atoms with Crippen LogP contribution in [0.15, 0.2) is 0 Å². The Balaban J connectivity index is 0. The summed E-state index contributed by atoms with van der Waals surface area (Å²) in [7, 11) is 0. The summed E-state index contributed by atoms with van der Waals surface area (Å²) >= 11 is 3.54. The van der Waals surface area contributed by atoms with E-state index in [-0.39, 0.29) is 6.47 Å². The molecule has 0 aliphatic heterocycles. The fourth-order valence-electron chi connectivity index (χ4n) is 3.39. The minimum Gasteiger partial charge on any atom is -0.483 e. The second kappa shape index (κ2) is 26.2. The van der Waals surface area contributed by atoms with E-state index in [1.54, 1.807) is 0 Å². The summed E-state index contributed by atoms with van der Waals surface area (Å²) in [5.41, 5.74) is 0. The first-order chi connectivity index (χ1) is 12.3. The molecule has 0 radical (unpaired) electrons. The highest BCUT2D eigenvalue weighted by atomic mass is 79.9. The van der Waals surface area contributed by atoms with Crippen molar-refractivity contribution in [2.24, 2.45) is 5.92 Å². The molecule has 0 aromatic rings. The third-order valence-electron chi connectivity index (χ3n) is 4.93. The Morgan fingerprint density at radius 3 is 1.40 bits per heavy atom. The molecule has 152 valence electrons. The number of unbranched alkanes of at least 4 members (excludes halogenated alkanes) is 11. The summed E-state index contributed by atoms with van der Waals surface area (Å²) in [6.07, 6.45) is 24.7. The lowest BCUT2D eigenvalue weighted by molar-refractivity contribution is -0.122. The summed E-state index contributed by atoms with van der Waals surface area (Å²) < 4.78 is 0. The van der Waals surface area contributed by atoms with Crippen LogP contribution >= 0.6 is 15.9 Å². The molecule has 1 atom stereocenters. The van der Waals surface area contributed by atoms with Crippen LogP contribution in [-0.2, 0) is 4.79 Å². The van der Waals surface area contributed by atoms with Gasteiger partial charge in [0.15, 0.2) is 0 Å². The van der Waals surface area contributed by atoms with Gasteiger partial charge in [-0.1, -0.05) is 133 Å². The molecule has 0 bridgehead atoms. The number of hydrogen-bond donors (Lipinski definition) is 1. The van der Waals surface area contributed by atoms with Gasteiger partial charge in [-0.25, -0.2) is 0 Å². The Morgan fingerprint density at radius 1 is 0.680 bits per heavy atom. The molecule has 0 fully saturated rings. The standard InChI is InChI=1S/C21H43Br.CH2O2/c1-3-5-7-9-10-14-18-21(17-13-8-6-4-2)19-15-11-12-16-20-22;2-1-3/h21H,3-20H2,1-2H3;1H,(H,2,3). The molecule has 0 amide bonds. The topological polar surface area (TPSA) is 37.3 Å². The fraction of sp³-hybridized carbons (Fsp3) is 0.955. The van der Waals surface area contributed by atoms with Gasteiger partial charge in [0.1, 0.15) is 0 Å². The van der Waals surface area contributed by atoms with Gasteiger partial charge in [0.25, 0.3) is 6.47 Å². The third-order valence-corrected chi connectivity index (χ3v) is 5.49. The molecule has 0 saturated carbocycles. The van der Waals surface area contributed by atoms with Crippen LogP contribution in [0.3, 0.4) is 0 Å². The molecule has 0 saturated heterocycles. The molecule has 0 aliphatic rings. The van der Waals surface area contributed by atoms with Crippen molar-refractivity contribution in [1.82, 2.24) is 0 Å². The third kappa shape index (κ3) is 26.3. The minimum absolute atomic E-state index is 0.250. The van der Waals surface area contributed by atoms with Gasteiger partial charge >= 0.3 is 0 Å². The summed E-state index contributed by atoms with van der Waals surface area (Å²) in [5.74, 6) is 1.03. The molecule has 0 aromatic carbocycles. The quantitative estimate of drug-likeness (QED) is 0.137. The van der Waals surface area contributed by atoms with Crippen molar-refractivity contribution in [1.29, 1.82) is 0 Å². The van der Waals surface area contributed by atoms with E-state index >= 15 is 0 Å². The molecule has 0 spiro atoms. The number of carboxylic acid groups (broad SMARTS) is 1. The summed E-state index contributed by atoms with van der Waals surface area (Å²) in [4.78, 5) is 8.36. The Morgan fingerprint density at radius 2 is 1.00 bits per heavy atom. The molecule has 0 aliphatic carbocycles. The predicted octanol–water partition coefficient (Wildman–Crippen LogP) is 8.37. The van der Waals surface area contributed by atoms with Gasteiger partial charge in [0.05, 0.1) is 0 Å². The molecule has 1 unspecified atom stereocenters. The largest absolute Gasteiger partial charge is 0.483 e. The Kier molecular flexibility index (Phi) is 28.5. The number of hydrogen-bond acceptors (Lipinski definition) is 1. The Bertz CT molecular complexity index is 234. The van der Waals surface area contributed by atoms with Crippen LogP contribution in [0.1, 0.15) is 123 Å². The van der Waals surface area contributed by atoms with Crippen LogP contribution in [0.25, 0.3) is 0 Å². The van der Waals surface area contributed by atoms with Crippen molar-refractivity contribution < 1.29 is 9.90 Å². The zero-order valence-corrected chi connectivity index (χ0v) is 18.7. The normalized spacial score (nSPS) is 11.6. The van der Waals surface area contributed by atoms with E-state index in [2.05, 4.69) is 29.8 Å². The van der Waals surface area contributed by atoms with Crippen molar-refractivity contribution in [3.63, 3.8) is 0 Å². The zero-order chi connectivity index (χ0) is 19.0. The van der Waals surface area contributed by atoms with Crippen LogP contribution in [0.4, 0.5) is 0 Å². The van der Waals surface area contributed by atoms with Crippen molar-refractivity contribution in [3.05, 3.63) is 0 Å². The summed E-state index contributed by atoms with van der Waals surface area (Å²) in [6.45, 7) is 4.37. The first-order valence-corrected chi connectivity index (χ1v) is 12.0. The van der Waals surface area contributed by atoms with Crippen LogP contribution in [0, 0.1) is 5.92 Å². The van der Waals surface area contributed by atoms with Crippen molar-refractivity contribution in [2.75, 3.05) is 5.33 Å². The van der Waals surface area contributed by atoms with Gasteiger partial charge in [-0.3, -0.25) is 4.79 Å². The lowest BCUT2D eigenvalue weighted by atomic mass is 9.89. The Hall–Kier alpha value is -0.0500. The number of carbonyl (C=O) groups is 1. The van der Waals surface area contributed by atoms with Crippen LogP contribution in [0.2, 0.25) is 0 Å². The van der Waals surface area contributed by atoms with Gasteiger partial charge in [-0.15, -0.1) is 0 Å². The first-order valence-electron chi connectivity index (χ1n) is 10.9. The molecule has 0 heterocycles. The maximum atomic E-state index is 8.36. The SMILES string of the molecule is CCCCCCCCC(CCCCCC)CCCCCCBr.O=CO. The molecule has 0 rings (SSSR count). The summed E-state index contributed by atoms with van der Waals surface area (Å²) in [6, 6.07) is 0. The van der Waals surface area contributed by atoms with Crippen LogP contribution in [-0.4, -0.2) is 16.9 Å². The smallest absolute Gasteiger partial charge is 0.290 e. The lowest BCUT2D eigenvalue weighted by Crippen LogP contribution is -2.01. The second-order valence-electron chi connectivity index (χ2n) is 7.27. The highest BCUT2D eigenvalue weighted by Crippen LogP contribution is 2.24. The van der Waals surface area contributed by atoms with Crippen molar-refractivity contribution in [3.8, 4) is 0 Å². The maximum Gasteiger partial charge on any atom is 0.290 e. The average Bonchev–Trinajstić information content (AvgIpc) is 2.61.